The second-order valence-corrected chi connectivity index (χ2v) is 22.2. The molecule has 11 N–H and O–H groups in total. The van der Waals surface area contributed by atoms with Crippen LogP contribution in [0.3, 0.4) is 0 Å². The summed E-state index contributed by atoms with van der Waals surface area (Å²) in [5.41, 5.74) is 6.93. The van der Waals surface area contributed by atoms with E-state index >= 15 is 0 Å². The Bertz CT molecular complexity index is 2040. The van der Waals surface area contributed by atoms with Crippen molar-refractivity contribution in [1.29, 1.82) is 0 Å². The van der Waals surface area contributed by atoms with Gasteiger partial charge in [-0.05, 0) is 50.7 Å². The largest absolute Gasteiger partial charge is 0.478 e. The zero-order valence-corrected chi connectivity index (χ0v) is 39.6. The van der Waals surface area contributed by atoms with Gasteiger partial charge in [-0.2, -0.15) is 0 Å². The van der Waals surface area contributed by atoms with Crippen LogP contribution < -0.4 is 11.1 Å². The molecule has 0 spiro atoms. The number of aliphatic hydroxyl groups is 7. The second kappa shape index (κ2) is 22.7. The number of carboxylic acid groups (broad SMARTS) is 1. The molecule has 1 aliphatic carbocycles. The number of hydrogen-bond donors (Lipinski definition) is 10. The third-order valence-electron chi connectivity index (χ3n) is 12.4. The number of ether oxygens (including phenoxy) is 5. The normalized spacial score (nSPS) is 37.0. The first-order chi connectivity index (χ1) is 31.7. The topological polar surface area (TPSA) is 296 Å². The number of aliphatic hydroxyl groups excluding tert-OH is 5. The van der Waals surface area contributed by atoms with Gasteiger partial charge in [0.05, 0.1) is 64.9 Å². The van der Waals surface area contributed by atoms with Crippen molar-refractivity contribution < 1.29 is 74.1 Å². The molecule has 6 heterocycles. The van der Waals surface area contributed by atoms with Gasteiger partial charge in [0.1, 0.15) is 18.3 Å². The number of allylic oxidation sites excluding steroid dienone is 1. The minimum absolute atomic E-state index is 0.0389. The van der Waals surface area contributed by atoms with Gasteiger partial charge >= 0.3 is 11.9 Å². The van der Waals surface area contributed by atoms with Crippen molar-refractivity contribution in [3.8, 4) is 11.8 Å². The fraction of sp³-hybridized carbons (Fsp3) is 0.651. The summed E-state index contributed by atoms with van der Waals surface area (Å²) in [7, 11) is 6.03. The number of carboxylic acids is 1. The highest BCUT2D eigenvalue weighted by atomic mass is 33.1. The number of guanidine groups is 1. The quantitative estimate of drug-likeness (QED) is 0.0182. The maximum atomic E-state index is 14.8. The van der Waals surface area contributed by atoms with E-state index in [9.17, 15) is 50.4 Å². The average molecular weight is 999 g/mol. The second-order valence-electron chi connectivity index (χ2n) is 17.0. The predicted molar refractivity (Wildman–Crippen MR) is 247 cm³/mol. The Morgan fingerprint density at radius 3 is 2.64 bits per heavy atom. The number of hydrogen-bond acceptors (Lipinski definition) is 20. The van der Waals surface area contributed by atoms with Gasteiger partial charge in [-0.1, -0.05) is 67.2 Å². The summed E-state index contributed by atoms with van der Waals surface area (Å²) >= 11 is 0. The lowest BCUT2D eigenvalue weighted by Crippen LogP contribution is -2.69. The molecule has 7 aliphatic rings. The summed E-state index contributed by atoms with van der Waals surface area (Å²) in [5.74, 6) is 0.239. The van der Waals surface area contributed by atoms with Crippen LogP contribution in [0.2, 0.25) is 0 Å². The number of aliphatic carboxylic acids is 1. The molecule has 0 amide bonds. The molecule has 6 aliphatic heterocycles. The zero-order chi connectivity index (χ0) is 47.3. The first-order valence-corrected chi connectivity index (χ1v) is 26.5. The van der Waals surface area contributed by atoms with Gasteiger partial charge in [-0.25, -0.2) is 9.59 Å². The molecule has 0 unspecified atom stereocenters. The van der Waals surface area contributed by atoms with Crippen molar-refractivity contribution in [3.05, 3.63) is 58.7 Å². The smallest absolute Gasteiger partial charge is 0.339 e. The molecule has 66 heavy (non-hydrogen) atoms. The molecule has 0 aromatic rings. The van der Waals surface area contributed by atoms with Crippen LogP contribution in [0.1, 0.15) is 33.1 Å². The molecule has 23 heteroatoms. The summed E-state index contributed by atoms with van der Waals surface area (Å²) in [6.07, 6.45) is -0.0653. The molecule has 0 aromatic carbocycles. The van der Waals surface area contributed by atoms with Gasteiger partial charge in [-0.15, -0.1) is 0 Å². The molecule has 1 saturated heterocycles. The number of nitrogens with zero attached hydrogens (tertiary/aromatic N) is 2. The van der Waals surface area contributed by atoms with Crippen LogP contribution in [-0.2, 0) is 33.3 Å². The van der Waals surface area contributed by atoms with E-state index in [0.29, 0.717) is 41.9 Å². The first-order valence-electron chi connectivity index (χ1n) is 21.8. The number of aliphatic imine (C=N–C) groups is 1. The average Bonchev–Trinajstić information content (AvgIpc) is 3.65. The summed E-state index contributed by atoms with van der Waals surface area (Å²) in [6, 6.07) is -0.655. The fourth-order valence-electron chi connectivity index (χ4n) is 9.06. The Balaban J connectivity index is 1.45. The van der Waals surface area contributed by atoms with E-state index in [-0.39, 0.29) is 67.5 Å². The highest BCUT2D eigenvalue weighted by Crippen LogP contribution is 2.48. The third kappa shape index (κ3) is 11.1. The van der Waals surface area contributed by atoms with Crippen LogP contribution in [0.4, 0.5) is 0 Å². The van der Waals surface area contributed by atoms with Crippen LogP contribution in [0, 0.1) is 35.5 Å². The molecule has 1 saturated carbocycles. The fourth-order valence-corrected chi connectivity index (χ4v) is 15.4. The van der Waals surface area contributed by atoms with Crippen LogP contribution in [-0.4, -0.2) is 180 Å². The van der Waals surface area contributed by atoms with Gasteiger partial charge in [0.2, 0.25) is 12.1 Å². The Hall–Kier alpha value is -2.93. The molecule has 2 fully saturated rings. The highest BCUT2D eigenvalue weighted by Gasteiger charge is 2.58. The lowest BCUT2D eigenvalue weighted by molar-refractivity contribution is -0.413. The van der Waals surface area contributed by atoms with Crippen LogP contribution in [0.15, 0.2) is 63.7 Å². The predicted octanol–water partition coefficient (Wildman–Crippen LogP) is 0.171. The Labute approximate surface area is 398 Å². The number of esters is 1. The van der Waals surface area contributed by atoms with Gasteiger partial charge in [0, 0.05) is 61.4 Å². The van der Waals surface area contributed by atoms with Crippen molar-refractivity contribution in [1.82, 2.24) is 10.2 Å². The van der Waals surface area contributed by atoms with Crippen molar-refractivity contribution in [3.63, 3.8) is 0 Å². The standard InChI is InChI=1S/C43H58N4O15S4/c1-21(2)59-37-41(61-31(18-51)36(52)43(37,56)57)62-40-25-5-3-12-63-65-32-9-7-22-13-24-14-47(15-26(38(53)54)34(24)46-42(44)45-10-4-11-48)29(17-50)35(32)66-64-20-28-23(16-49)6-8-30(28)60-39(55)27(19-58-40)33(22)25/h3,5,13,15,19,21,23,25,28-33,35-37,40-41,48-52,56-57H,4,6,8,10-12,14,16-18,20H2,1-2H3,(H,53,54)(H3,44,45,46)/b5-3+,22-13+/t23-,25+,28-,29+,30-,31+,32-,33-,35-,36+,37-,40-,41-/m0/s1. The van der Waals surface area contributed by atoms with E-state index in [2.05, 4.69) is 22.2 Å². The minimum atomic E-state index is -2.97. The summed E-state index contributed by atoms with van der Waals surface area (Å²) < 4.78 is 31.0. The maximum Gasteiger partial charge on any atom is 0.339 e. The lowest BCUT2D eigenvalue weighted by Gasteiger charge is -2.48. The third-order valence-corrected chi connectivity index (χ3v) is 18.0. The van der Waals surface area contributed by atoms with E-state index in [1.165, 1.54) is 55.6 Å². The number of fused-ring (bicyclic) bond motifs is 3. The Morgan fingerprint density at radius 1 is 1.12 bits per heavy atom. The first kappa shape index (κ1) is 50.9. The molecular formula is C43H58N4O15S4. The van der Waals surface area contributed by atoms with Gasteiger partial charge in [-0.3, -0.25) is 4.99 Å². The SMILES string of the molecule is CC(C)O[C@H]1[C@H](O[C@@H]2OC=C3C(=O)O[C@H]4CC[C@@H](CO)[C@@H]4CSS[C@@H]4[C@@H]5C#C/C(=C\C6=C(NC(N)=NCCCO)C(C(=O)O)=CN(C6)[C@@H]4CO)[C@H]3[C@H]2/C=C/CSS5)O[C@H](CO)[C@@H](O)C1(O)O. The highest BCUT2D eigenvalue weighted by molar-refractivity contribution is 8.78. The van der Waals surface area contributed by atoms with Crippen LogP contribution >= 0.6 is 43.2 Å². The molecule has 19 nitrogen and oxygen atoms in total. The summed E-state index contributed by atoms with van der Waals surface area (Å²) in [6.45, 7) is 2.04. The van der Waals surface area contributed by atoms with Crippen LogP contribution in [0.25, 0.3) is 0 Å². The monoisotopic (exact) mass is 998 g/mol. The van der Waals surface area contributed by atoms with E-state index in [1.54, 1.807) is 30.9 Å². The maximum absolute atomic E-state index is 14.8. The van der Waals surface area contributed by atoms with E-state index in [4.69, 9.17) is 29.4 Å². The Morgan fingerprint density at radius 2 is 1.92 bits per heavy atom. The van der Waals surface area contributed by atoms with Crippen molar-refractivity contribution in [2.75, 3.05) is 51.0 Å². The number of carbonyl (C=O) groups is 2. The Kier molecular flexibility index (Phi) is 17.5. The molecule has 364 valence electrons. The van der Waals surface area contributed by atoms with Crippen LogP contribution in [0.5, 0.6) is 0 Å². The molecule has 0 radical (unpaired) electrons. The van der Waals surface area contributed by atoms with E-state index in [1.807, 2.05) is 6.08 Å². The molecule has 0 aromatic heterocycles. The number of nitrogens with two attached hydrogens (primary N) is 1. The molecule has 6 bridgehead atoms. The van der Waals surface area contributed by atoms with E-state index < -0.39 is 95.8 Å². The van der Waals surface area contributed by atoms with Crippen molar-refractivity contribution in [2.24, 2.45) is 34.4 Å². The summed E-state index contributed by atoms with van der Waals surface area (Å²) in [4.78, 5) is 34.1. The number of rotatable bonds is 12. The van der Waals surface area contributed by atoms with Gasteiger partial charge in [0.15, 0.2) is 18.4 Å². The lowest BCUT2D eigenvalue weighted by atomic mass is 9.77. The molecule has 13 atom stereocenters. The minimum Gasteiger partial charge on any atom is -0.478 e. The summed E-state index contributed by atoms with van der Waals surface area (Å²) in [5, 5.41) is 87.5. The van der Waals surface area contributed by atoms with Crippen molar-refractivity contribution >= 4 is 61.1 Å². The molecule has 7 rings (SSSR count). The van der Waals surface area contributed by atoms with Crippen molar-refractivity contribution in [2.45, 2.75) is 98.5 Å². The van der Waals surface area contributed by atoms with Gasteiger partial charge in [0.25, 0.3) is 0 Å². The zero-order valence-electron chi connectivity index (χ0n) is 36.3. The van der Waals surface area contributed by atoms with Gasteiger partial charge < -0.3 is 80.5 Å². The molecular weight excluding hydrogens is 941 g/mol. The number of nitrogens with one attached hydrogen (secondary N) is 1. The number of carbonyl (C=O) groups excluding carboxylic acids is 1. The van der Waals surface area contributed by atoms with E-state index in [0.717, 1.165) is 0 Å².